The van der Waals surface area contributed by atoms with Gasteiger partial charge in [0.25, 0.3) is 0 Å². The molecule has 1 fully saturated rings. The van der Waals surface area contributed by atoms with Crippen LogP contribution < -0.4 is 5.32 Å². The van der Waals surface area contributed by atoms with Crippen molar-refractivity contribution in [1.82, 2.24) is 5.32 Å². The minimum Gasteiger partial charge on any atom is -0.316 e. The van der Waals surface area contributed by atoms with Crippen LogP contribution in [0.2, 0.25) is 0 Å². The molecule has 102 valence electrons. The minimum absolute atomic E-state index is 0.479. The Kier molecular flexibility index (Phi) is 5.99. The van der Waals surface area contributed by atoms with Crippen molar-refractivity contribution in [2.75, 3.05) is 13.1 Å². The lowest BCUT2D eigenvalue weighted by atomic mass is 9.63. The maximum atomic E-state index is 3.64. The van der Waals surface area contributed by atoms with Gasteiger partial charge >= 0.3 is 0 Å². The predicted octanol–water partition coefficient (Wildman–Crippen LogP) is 4.47. The lowest BCUT2D eigenvalue weighted by Gasteiger charge is -2.43. The highest BCUT2D eigenvalue weighted by Gasteiger charge is 2.36. The molecule has 0 aromatic heterocycles. The van der Waals surface area contributed by atoms with E-state index in [4.69, 9.17) is 0 Å². The molecule has 0 bridgehead atoms. The van der Waals surface area contributed by atoms with Crippen LogP contribution in [0.4, 0.5) is 0 Å². The summed E-state index contributed by atoms with van der Waals surface area (Å²) in [6.07, 6.45) is 6.99. The van der Waals surface area contributed by atoms with Gasteiger partial charge in [-0.15, -0.1) is 0 Å². The van der Waals surface area contributed by atoms with E-state index in [0.717, 1.165) is 17.8 Å². The lowest BCUT2D eigenvalue weighted by Crippen LogP contribution is -2.39. The van der Waals surface area contributed by atoms with E-state index in [1.165, 1.54) is 45.2 Å². The molecule has 1 heteroatoms. The summed E-state index contributed by atoms with van der Waals surface area (Å²) in [4.78, 5) is 0. The summed E-state index contributed by atoms with van der Waals surface area (Å²) in [5.74, 6) is 2.80. The molecule has 17 heavy (non-hydrogen) atoms. The number of rotatable bonds is 5. The zero-order valence-corrected chi connectivity index (χ0v) is 12.7. The Balaban J connectivity index is 2.54. The second-order valence-electron chi connectivity index (χ2n) is 7.02. The molecular formula is C16H33N. The molecule has 0 saturated heterocycles. The molecule has 1 saturated carbocycles. The first-order chi connectivity index (χ1) is 7.99. The highest BCUT2D eigenvalue weighted by molar-refractivity contribution is 4.87. The Labute approximate surface area is 109 Å². The molecule has 1 aliphatic rings. The average Bonchev–Trinajstić information content (AvgIpc) is 2.28. The molecule has 0 heterocycles. The van der Waals surface area contributed by atoms with Gasteiger partial charge in [0.05, 0.1) is 0 Å². The van der Waals surface area contributed by atoms with Crippen molar-refractivity contribution in [3.63, 3.8) is 0 Å². The summed E-state index contributed by atoms with van der Waals surface area (Å²) < 4.78 is 0. The van der Waals surface area contributed by atoms with Crippen molar-refractivity contribution in [2.45, 2.75) is 66.7 Å². The molecule has 0 aromatic rings. The Morgan fingerprint density at radius 3 is 2.35 bits per heavy atom. The molecule has 0 aromatic carbocycles. The van der Waals surface area contributed by atoms with Crippen LogP contribution in [0.1, 0.15) is 66.7 Å². The first-order valence-electron chi connectivity index (χ1n) is 7.69. The van der Waals surface area contributed by atoms with E-state index in [1.807, 2.05) is 0 Å². The third kappa shape index (κ3) is 4.62. The first kappa shape index (κ1) is 15.0. The topological polar surface area (TPSA) is 12.0 Å². The van der Waals surface area contributed by atoms with E-state index >= 15 is 0 Å². The molecule has 0 radical (unpaired) electrons. The maximum absolute atomic E-state index is 3.64. The molecule has 1 aliphatic carbocycles. The molecular weight excluding hydrogens is 206 g/mol. The monoisotopic (exact) mass is 239 g/mol. The Bertz CT molecular complexity index is 202. The van der Waals surface area contributed by atoms with E-state index in [9.17, 15) is 0 Å². The molecule has 0 spiro atoms. The van der Waals surface area contributed by atoms with Gasteiger partial charge in [0.1, 0.15) is 0 Å². The van der Waals surface area contributed by atoms with E-state index < -0.39 is 0 Å². The van der Waals surface area contributed by atoms with Gasteiger partial charge in [-0.05, 0) is 55.5 Å². The van der Waals surface area contributed by atoms with E-state index in [-0.39, 0.29) is 0 Å². The first-order valence-corrected chi connectivity index (χ1v) is 7.69. The second kappa shape index (κ2) is 6.78. The Hall–Kier alpha value is -0.0400. The smallest absolute Gasteiger partial charge is 0.00177 e. The van der Waals surface area contributed by atoms with Gasteiger partial charge in [0.15, 0.2) is 0 Å². The SMILES string of the molecule is CCCNCC1CCC(CC)CC1C(C)(C)C. The Morgan fingerprint density at radius 1 is 1.12 bits per heavy atom. The number of hydrogen-bond acceptors (Lipinski definition) is 1. The maximum Gasteiger partial charge on any atom is -0.00177 e. The van der Waals surface area contributed by atoms with Crippen molar-refractivity contribution in [2.24, 2.45) is 23.2 Å². The summed E-state index contributed by atoms with van der Waals surface area (Å²) in [6.45, 7) is 14.3. The molecule has 0 aliphatic heterocycles. The van der Waals surface area contributed by atoms with Gasteiger partial charge in [-0.25, -0.2) is 0 Å². The van der Waals surface area contributed by atoms with Crippen molar-refractivity contribution in [3.8, 4) is 0 Å². The fourth-order valence-electron chi connectivity index (χ4n) is 3.46. The quantitative estimate of drug-likeness (QED) is 0.698. The summed E-state index contributed by atoms with van der Waals surface area (Å²) in [5.41, 5.74) is 0.479. The molecule has 1 nitrogen and oxygen atoms in total. The van der Waals surface area contributed by atoms with Crippen LogP contribution >= 0.6 is 0 Å². The fraction of sp³-hybridized carbons (Fsp3) is 1.00. The molecule has 1 N–H and O–H groups in total. The van der Waals surface area contributed by atoms with Crippen LogP contribution in [-0.4, -0.2) is 13.1 Å². The predicted molar refractivity (Wildman–Crippen MR) is 77.2 cm³/mol. The van der Waals surface area contributed by atoms with Gasteiger partial charge in [0.2, 0.25) is 0 Å². The number of nitrogens with one attached hydrogen (secondary N) is 1. The largest absolute Gasteiger partial charge is 0.316 e. The van der Waals surface area contributed by atoms with Gasteiger partial charge in [-0.3, -0.25) is 0 Å². The highest BCUT2D eigenvalue weighted by Crippen LogP contribution is 2.44. The van der Waals surface area contributed by atoms with Crippen LogP contribution in [0, 0.1) is 23.2 Å². The van der Waals surface area contributed by atoms with Crippen LogP contribution in [0.15, 0.2) is 0 Å². The lowest BCUT2D eigenvalue weighted by molar-refractivity contribution is 0.0743. The third-order valence-corrected chi connectivity index (χ3v) is 4.63. The van der Waals surface area contributed by atoms with Crippen molar-refractivity contribution >= 4 is 0 Å². The van der Waals surface area contributed by atoms with Crippen LogP contribution in [0.5, 0.6) is 0 Å². The molecule has 3 atom stereocenters. The standard InChI is InChI=1S/C16H33N/c1-6-10-17-12-14-9-8-13(7-2)11-15(14)16(3,4)5/h13-15,17H,6-12H2,1-5H3. The van der Waals surface area contributed by atoms with E-state index in [0.29, 0.717) is 5.41 Å². The summed E-state index contributed by atoms with van der Waals surface area (Å²) in [5, 5.41) is 3.64. The summed E-state index contributed by atoms with van der Waals surface area (Å²) in [7, 11) is 0. The second-order valence-corrected chi connectivity index (χ2v) is 7.02. The normalized spacial score (nSPS) is 30.5. The van der Waals surface area contributed by atoms with E-state index in [2.05, 4.69) is 39.9 Å². The number of hydrogen-bond donors (Lipinski definition) is 1. The molecule has 1 rings (SSSR count). The van der Waals surface area contributed by atoms with Gasteiger partial charge in [-0.1, -0.05) is 47.5 Å². The van der Waals surface area contributed by atoms with Crippen LogP contribution in [0.25, 0.3) is 0 Å². The summed E-state index contributed by atoms with van der Waals surface area (Å²) >= 11 is 0. The van der Waals surface area contributed by atoms with Gasteiger partial charge in [0, 0.05) is 0 Å². The van der Waals surface area contributed by atoms with Gasteiger partial charge < -0.3 is 5.32 Å². The van der Waals surface area contributed by atoms with Crippen molar-refractivity contribution in [1.29, 1.82) is 0 Å². The highest BCUT2D eigenvalue weighted by atomic mass is 14.9. The summed E-state index contributed by atoms with van der Waals surface area (Å²) in [6, 6.07) is 0. The molecule has 0 amide bonds. The van der Waals surface area contributed by atoms with Crippen LogP contribution in [-0.2, 0) is 0 Å². The third-order valence-electron chi connectivity index (χ3n) is 4.63. The van der Waals surface area contributed by atoms with Gasteiger partial charge in [-0.2, -0.15) is 0 Å². The fourth-order valence-corrected chi connectivity index (χ4v) is 3.46. The van der Waals surface area contributed by atoms with Crippen molar-refractivity contribution in [3.05, 3.63) is 0 Å². The van der Waals surface area contributed by atoms with Crippen molar-refractivity contribution < 1.29 is 0 Å². The zero-order valence-electron chi connectivity index (χ0n) is 12.7. The molecule has 3 unspecified atom stereocenters. The minimum atomic E-state index is 0.479. The zero-order chi connectivity index (χ0) is 12.9. The van der Waals surface area contributed by atoms with E-state index in [1.54, 1.807) is 0 Å². The van der Waals surface area contributed by atoms with Crippen LogP contribution in [0.3, 0.4) is 0 Å². The average molecular weight is 239 g/mol. The Morgan fingerprint density at radius 2 is 1.82 bits per heavy atom.